The second-order valence-electron chi connectivity index (χ2n) is 6.99. The molecule has 0 spiro atoms. The molecule has 140 valence electrons. The average molecular weight is 365 g/mol. The van der Waals surface area contributed by atoms with Crippen molar-refractivity contribution in [1.29, 1.82) is 0 Å². The Labute approximate surface area is 155 Å². The van der Waals surface area contributed by atoms with Crippen LogP contribution < -0.4 is 10.6 Å². The van der Waals surface area contributed by atoms with Gasteiger partial charge in [0.1, 0.15) is 0 Å². The van der Waals surface area contributed by atoms with Crippen LogP contribution in [0, 0.1) is 0 Å². The number of piperidine rings is 1. The van der Waals surface area contributed by atoms with Crippen LogP contribution in [0.1, 0.15) is 38.5 Å². The molecular formula is C18H32N6S. The number of nitrogens with zero attached hydrogens (tertiary/aromatic N) is 5. The molecule has 0 saturated carbocycles. The Bertz CT molecular complexity index is 504. The molecule has 0 aromatic carbocycles. The normalized spacial score (nSPS) is 20.2. The van der Waals surface area contributed by atoms with Crippen LogP contribution in [0.15, 0.2) is 16.6 Å². The molecule has 0 bridgehead atoms. The quantitative estimate of drug-likeness (QED) is 0.457. The van der Waals surface area contributed by atoms with Gasteiger partial charge in [-0.25, -0.2) is 4.98 Å². The number of rotatable bonds is 7. The van der Waals surface area contributed by atoms with Gasteiger partial charge in [-0.2, -0.15) is 0 Å². The number of piperazine rings is 1. The van der Waals surface area contributed by atoms with Gasteiger partial charge in [0.2, 0.25) is 0 Å². The van der Waals surface area contributed by atoms with E-state index in [1.165, 1.54) is 51.7 Å². The van der Waals surface area contributed by atoms with Gasteiger partial charge in [-0.1, -0.05) is 12.8 Å². The molecule has 3 rings (SSSR count). The van der Waals surface area contributed by atoms with Crippen molar-refractivity contribution in [2.45, 2.75) is 38.5 Å². The minimum atomic E-state index is 0.717. The monoisotopic (exact) mass is 364 g/mol. The van der Waals surface area contributed by atoms with Gasteiger partial charge in [-0.15, -0.1) is 11.3 Å². The van der Waals surface area contributed by atoms with E-state index in [1.807, 2.05) is 11.6 Å². The molecule has 2 N–H and O–H groups in total. The summed E-state index contributed by atoms with van der Waals surface area (Å²) in [5.41, 5.74) is 6.18. The Kier molecular flexibility index (Phi) is 7.36. The van der Waals surface area contributed by atoms with Gasteiger partial charge in [0, 0.05) is 44.3 Å². The van der Waals surface area contributed by atoms with E-state index >= 15 is 0 Å². The molecule has 0 unspecified atom stereocenters. The zero-order valence-corrected chi connectivity index (χ0v) is 16.1. The highest BCUT2D eigenvalue weighted by molar-refractivity contribution is 7.13. The van der Waals surface area contributed by atoms with Crippen LogP contribution in [-0.4, -0.2) is 73.1 Å². The maximum Gasteiger partial charge on any atom is 0.191 e. The minimum absolute atomic E-state index is 0.717. The number of guanidine groups is 1. The van der Waals surface area contributed by atoms with Gasteiger partial charge in [-0.05, 0) is 45.3 Å². The predicted octanol–water partition coefficient (Wildman–Crippen LogP) is 2.24. The van der Waals surface area contributed by atoms with Crippen LogP contribution in [-0.2, 0) is 0 Å². The van der Waals surface area contributed by atoms with Crippen molar-refractivity contribution in [2.24, 2.45) is 10.7 Å². The van der Waals surface area contributed by atoms with E-state index in [4.69, 9.17) is 5.73 Å². The summed E-state index contributed by atoms with van der Waals surface area (Å²) in [4.78, 5) is 16.1. The summed E-state index contributed by atoms with van der Waals surface area (Å²) in [7, 11) is 0. The predicted molar refractivity (Wildman–Crippen MR) is 107 cm³/mol. The van der Waals surface area contributed by atoms with Gasteiger partial charge in [0.25, 0.3) is 0 Å². The van der Waals surface area contributed by atoms with Crippen molar-refractivity contribution >= 4 is 22.4 Å². The molecule has 3 heterocycles. The van der Waals surface area contributed by atoms with Crippen molar-refractivity contribution in [1.82, 2.24) is 14.8 Å². The Hall–Kier alpha value is -1.34. The van der Waals surface area contributed by atoms with E-state index in [-0.39, 0.29) is 0 Å². The standard InChI is InChI=1S/C18H32N6S/c19-17(20-7-3-1-4-9-22-10-5-2-6-11-22)23-12-14-24(15-13-23)18-21-8-16-25-18/h8,16H,1-7,9-15H2,(H2,19,20). The molecule has 2 fully saturated rings. The van der Waals surface area contributed by atoms with E-state index in [1.54, 1.807) is 11.3 Å². The van der Waals surface area contributed by atoms with Crippen LogP contribution in [0.2, 0.25) is 0 Å². The van der Waals surface area contributed by atoms with Crippen LogP contribution in [0.3, 0.4) is 0 Å². The van der Waals surface area contributed by atoms with Crippen LogP contribution >= 0.6 is 11.3 Å². The van der Waals surface area contributed by atoms with Crippen LogP contribution in [0.25, 0.3) is 0 Å². The fraction of sp³-hybridized carbons (Fsp3) is 0.778. The lowest BCUT2D eigenvalue weighted by Gasteiger charge is -2.35. The highest BCUT2D eigenvalue weighted by Gasteiger charge is 2.19. The molecule has 6 nitrogen and oxygen atoms in total. The number of hydrogen-bond donors (Lipinski definition) is 1. The minimum Gasteiger partial charge on any atom is -0.370 e. The van der Waals surface area contributed by atoms with Gasteiger partial charge in [0.05, 0.1) is 0 Å². The lowest BCUT2D eigenvalue weighted by molar-refractivity contribution is 0.224. The first-order chi connectivity index (χ1) is 12.3. The summed E-state index contributed by atoms with van der Waals surface area (Å²) in [5.74, 6) is 0.717. The summed E-state index contributed by atoms with van der Waals surface area (Å²) in [5, 5.41) is 3.15. The van der Waals surface area contributed by atoms with Crippen molar-refractivity contribution in [3.8, 4) is 0 Å². The van der Waals surface area contributed by atoms with Crippen molar-refractivity contribution in [3.05, 3.63) is 11.6 Å². The lowest BCUT2D eigenvalue weighted by atomic mass is 10.1. The fourth-order valence-corrected chi connectivity index (χ4v) is 4.30. The Morgan fingerprint density at radius 3 is 2.56 bits per heavy atom. The number of unbranched alkanes of at least 4 members (excludes halogenated alkanes) is 2. The summed E-state index contributed by atoms with van der Waals surface area (Å²) in [6.07, 6.45) is 9.75. The van der Waals surface area contributed by atoms with Crippen molar-refractivity contribution < 1.29 is 0 Å². The molecule has 2 aliphatic heterocycles. The van der Waals surface area contributed by atoms with Crippen molar-refractivity contribution in [3.63, 3.8) is 0 Å². The fourth-order valence-electron chi connectivity index (χ4n) is 3.60. The molecule has 1 aromatic heterocycles. The molecule has 2 saturated heterocycles. The summed E-state index contributed by atoms with van der Waals surface area (Å²) >= 11 is 1.70. The summed E-state index contributed by atoms with van der Waals surface area (Å²) in [6.45, 7) is 8.54. The number of aliphatic imine (C=N–C) groups is 1. The second-order valence-corrected chi connectivity index (χ2v) is 7.86. The topological polar surface area (TPSA) is 61.0 Å². The number of aromatic nitrogens is 1. The first-order valence-corrected chi connectivity index (χ1v) is 10.6. The van der Waals surface area contributed by atoms with Gasteiger partial charge < -0.3 is 20.4 Å². The maximum absolute atomic E-state index is 6.18. The number of anilines is 1. The Balaban J connectivity index is 1.27. The van der Waals surface area contributed by atoms with E-state index < -0.39 is 0 Å². The average Bonchev–Trinajstić information content (AvgIpc) is 3.20. The second kappa shape index (κ2) is 9.97. The highest BCUT2D eigenvalue weighted by atomic mass is 32.1. The van der Waals surface area contributed by atoms with Gasteiger partial charge >= 0.3 is 0 Å². The molecule has 2 aliphatic rings. The lowest BCUT2D eigenvalue weighted by Crippen LogP contribution is -2.51. The van der Waals surface area contributed by atoms with Crippen molar-refractivity contribution in [2.75, 3.05) is 57.3 Å². The first-order valence-electron chi connectivity index (χ1n) is 9.74. The van der Waals surface area contributed by atoms with Gasteiger partial charge in [-0.3, -0.25) is 4.99 Å². The molecule has 7 heteroatoms. The van der Waals surface area contributed by atoms with Gasteiger partial charge in [0.15, 0.2) is 11.1 Å². The van der Waals surface area contributed by atoms with E-state index in [2.05, 4.69) is 24.7 Å². The van der Waals surface area contributed by atoms with Crippen LogP contribution in [0.4, 0.5) is 5.13 Å². The molecule has 0 atom stereocenters. The zero-order chi connectivity index (χ0) is 17.3. The molecular weight excluding hydrogens is 332 g/mol. The number of likely N-dealkylation sites (tertiary alicyclic amines) is 1. The molecule has 0 radical (unpaired) electrons. The third-order valence-corrected chi connectivity index (χ3v) is 5.98. The number of thiazole rings is 1. The summed E-state index contributed by atoms with van der Waals surface area (Å²) < 4.78 is 0. The Morgan fingerprint density at radius 1 is 1.04 bits per heavy atom. The molecule has 1 aromatic rings. The first kappa shape index (κ1) is 18.5. The smallest absolute Gasteiger partial charge is 0.191 e. The molecule has 0 amide bonds. The van der Waals surface area contributed by atoms with E-state index in [9.17, 15) is 0 Å². The third-order valence-electron chi connectivity index (χ3n) is 5.15. The largest absolute Gasteiger partial charge is 0.370 e. The molecule has 0 aliphatic carbocycles. The highest BCUT2D eigenvalue weighted by Crippen LogP contribution is 2.18. The zero-order valence-electron chi connectivity index (χ0n) is 15.3. The Morgan fingerprint density at radius 2 is 1.84 bits per heavy atom. The molecule has 25 heavy (non-hydrogen) atoms. The van der Waals surface area contributed by atoms with E-state index in [0.29, 0.717) is 0 Å². The number of nitrogens with two attached hydrogens (primary N) is 1. The van der Waals surface area contributed by atoms with E-state index in [0.717, 1.165) is 50.2 Å². The SMILES string of the molecule is NC(=NCCCCCN1CCCCC1)N1CCN(c2nccs2)CC1. The third kappa shape index (κ3) is 5.85. The van der Waals surface area contributed by atoms with Crippen LogP contribution in [0.5, 0.6) is 0 Å². The summed E-state index contributed by atoms with van der Waals surface area (Å²) in [6, 6.07) is 0. The maximum atomic E-state index is 6.18. The number of hydrogen-bond acceptors (Lipinski definition) is 5.